The summed E-state index contributed by atoms with van der Waals surface area (Å²) in [5.74, 6) is 0.840. The summed E-state index contributed by atoms with van der Waals surface area (Å²) in [6.07, 6.45) is 3.53. The number of aryl methyl sites for hydroxylation is 1. The van der Waals surface area contributed by atoms with E-state index in [9.17, 15) is 10.1 Å². The van der Waals surface area contributed by atoms with Crippen molar-refractivity contribution in [2.75, 3.05) is 5.32 Å². The lowest BCUT2D eigenvalue weighted by atomic mass is 10.3. The smallest absolute Gasteiger partial charge is 0.289 e. The van der Waals surface area contributed by atoms with Gasteiger partial charge in [0, 0.05) is 31.2 Å². The molecule has 1 heterocycles. The van der Waals surface area contributed by atoms with Crippen LogP contribution in [0.4, 0.5) is 11.4 Å². The molecule has 0 saturated heterocycles. The molecule has 1 N–H and O–H groups in total. The molecule has 1 aromatic heterocycles. The molecule has 0 radical (unpaired) electrons. The van der Waals surface area contributed by atoms with Crippen LogP contribution in [0.1, 0.15) is 5.82 Å². The first-order valence-corrected chi connectivity index (χ1v) is 5.60. The molecule has 0 aliphatic rings. The highest BCUT2D eigenvalue weighted by molar-refractivity contribution is 6.32. The van der Waals surface area contributed by atoms with Gasteiger partial charge in [-0.15, -0.1) is 0 Å². The zero-order chi connectivity index (χ0) is 13.1. The van der Waals surface area contributed by atoms with Crippen LogP contribution >= 0.6 is 11.6 Å². The molecule has 2 rings (SSSR count). The van der Waals surface area contributed by atoms with Gasteiger partial charge in [0.25, 0.3) is 5.69 Å². The molecule has 0 amide bonds. The Hall–Kier alpha value is -2.08. The third-order valence-corrected chi connectivity index (χ3v) is 2.83. The Labute approximate surface area is 108 Å². The predicted molar refractivity (Wildman–Crippen MR) is 68.6 cm³/mol. The molecule has 0 unspecified atom stereocenters. The average Bonchev–Trinajstić information content (AvgIpc) is 2.73. The average molecular weight is 267 g/mol. The van der Waals surface area contributed by atoms with E-state index in [0.717, 1.165) is 5.82 Å². The van der Waals surface area contributed by atoms with Crippen molar-refractivity contribution in [3.05, 3.63) is 51.6 Å². The van der Waals surface area contributed by atoms with E-state index in [2.05, 4.69) is 10.3 Å². The zero-order valence-electron chi connectivity index (χ0n) is 9.63. The second-order valence-electron chi connectivity index (χ2n) is 3.73. The summed E-state index contributed by atoms with van der Waals surface area (Å²) in [7, 11) is 1.88. The number of anilines is 1. The highest BCUT2D eigenvalue weighted by atomic mass is 35.5. The summed E-state index contributed by atoms with van der Waals surface area (Å²) in [6, 6.07) is 4.60. The van der Waals surface area contributed by atoms with Gasteiger partial charge >= 0.3 is 0 Å². The second kappa shape index (κ2) is 5.05. The fourth-order valence-corrected chi connectivity index (χ4v) is 1.70. The van der Waals surface area contributed by atoms with E-state index in [4.69, 9.17) is 11.6 Å². The molecule has 6 nitrogen and oxygen atoms in total. The van der Waals surface area contributed by atoms with E-state index in [0.29, 0.717) is 12.2 Å². The molecular weight excluding hydrogens is 256 g/mol. The lowest BCUT2D eigenvalue weighted by molar-refractivity contribution is -0.384. The van der Waals surface area contributed by atoms with Gasteiger partial charge in [0.2, 0.25) is 0 Å². The van der Waals surface area contributed by atoms with Gasteiger partial charge in [0.05, 0.1) is 11.5 Å². The van der Waals surface area contributed by atoms with Crippen LogP contribution in [0.2, 0.25) is 5.02 Å². The van der Waals surface area contributed by atoms with Gasteiger partial charge in [-0.05, 0) is 12.1 Å². The number of aromatic nitrogens is 2. The van der Waals surface area contributed by atoms with Gasteiger partial charge in [0.15, 0.2) is 0 Å². The minimum absolute atomic E-state index is 0.110. The third kappa shape index (κ3) is 2.60. The van der Waals surface area contributed by atoms with Crippen LogP contribution in [-0.4, -0.2) is 14.5 Å². The van der Waals surface area contributed by atoms with Crippen molar-refractivity contribution >= 4 is 23.0 Å². The Kier molecular flexibility index (Phi) is 3.47. The maximum Gasteiger partial charge on any atom is 0.289 e. The molecule has 1 aromatic carbocycles. The van der Waals surface area contributed by atoms with E-state index in [1.165, 1.54) is 12.1 Å². The molecule has 0 spiro atoms. The number of halogens is 1. The fourth-order valence-electron chi connectivity index (χ4n) is 1.51. The second-order valence-corrected chi connectivity index (χ2v) is 4.14. The highest BCUT2D eigenvalue weighted by Gasteiger charge is 2.12. The van der Waals surface area contributed by atoms with Gasteiger partial charge < -0.3 is 9.88 Å². The first-order valence-electron chi connectivity index (χ1n) is 5.22. The zero-order valence-corrected chi connectivity index (χ0v) is 10.4. The molecule has 0 atom stereocenters. The van der Waals surface area contributed by atoms with Gasteiger partial charge in [-0.25, -0.2) is 4.98 Å². The number of nitrogens with one attached hydrogen (secondary N) is 1. The summed E-state index contributed by atoms with van der Waals surface area (Å²) < 4.78 is 1.87. The number of rotatable bonds is 4. The van der Waals surface area contributed by atoms with Crippen LogP contribution in [-0.2, 0) is 13.6 Å². The summed E-state index contributed by atoms with van der Waals surface area (Å²) >= 11 is 5.73. The standard InChI is InChI=1S/C11H11ClN4O2/c1-15-5-4-13-11(15)7-14-8-2-3-9(12)10(6-8)16(17)18/h2-6,14H,7H2,1H3. The van der Waals surface area contributed by atoms with E-state index >= 15 is 0 Å². The molecule has 94 valence electrons. The van der Waals surface area contributed by atoms with Crippen molar-refractivity contribution in [1.82, 2.24) is 9.55 Å². The summed E-state index contributed by atoms with van der Waals surface area (Å²) in [5.41, 5.74) is 0.524. The Morgan fingerprint density at radius 2 is 2.33 bits per heavy atom. The van der Waals surface area contributed by atoms with Crippen LogP contribution in [0.3, 0.4) is 0 Å². The van der Waals surface area contributed by atoms with Crippen molar-refractivity contribution in [1.29, 1.82) is 0 Å². The van der Waals surface area contributed by atoms with E-state index in [-0.39, 0.29) is 10.7 Å². The van der Waals surface area contributed by atoms with E-state index in [1.807, 2.05) is 17.8 Å². The molecule has 0 fully saturated rings. The predicted octanol–water partition coefficient (Wildman–Crippen LogP) is 2.59. The Morgan fingerprint density at radius 1 is 1.56 bits per heavy atom. The topological polar surface area (TPSA) is 73.0 Å². The van der Waals surface area contributed by atoms with Crippen molar-refractivity contribution in [2.24, 2.45) is 7.05 Å². The third-order valence-electron chi connectivity index (χ3n) is 2.51. The molecule has 0 saturated carbocycles. The van der Waals surface area contributed by atoms with Gasteiger partial charge in [-0.1, -0.05) is 11.6 Å². The van der Waals surface area contributed by atoms with Crippen molar-refractivity contribution in [3.8, 4) is 0 Å². The lowest BCUT2D eigenvalue weighted by Gasteiger charge is -2.06. The normalized spacial score (nSPS) is 10.3. The maximum absolute atomic E-state index is 10.7. The van der Waals surface area contributed by atoms with Crippen LogP contribution in [0.5, 0.6) is 0 Å². The number of benzene rings is 1. The number of imidazole rings is 1. The molecule has 0 aliphatic carbocycles. The largest absolute Gasteiger partial charge is 0.378 e. The molecule has 0 aliphatic heterocycles. The molecular formula is C11H11ClN4O2. The van der Waals surface area contributed by atoms with E-state index in [1.54, 1.807) is 12.3 Å². The van der Waals surface area contributed by atoms with Gasteiger partial charge in [-0.3, -0.25) is 10.1 Å². The Morgan fingerprint density at radius 3 is 2.94 bits per heavy atom. The number of nitrogens with zero attached hydrogens (tertiary/aromatic N) is 3. The monoisotopic (exact) mass is 266 g/mol. The highest BCUT2D eigenvalue weighted by Crippen LogP contribution is 2.27. The Balaban J connectivity index is 2.13. The SMILES string of the molecule is Cn1ccnc1CNc1ccc(Cl)c([N+](=O)[O-])c1. The quantitative estimate of drug-likeness (QED) is 0.682. The molecule has 2 aromatic rings. The van der Waals surface area contributed by atoms with Crippen LogP contribution in [0.15, 0.2) is 30.6 Å². The first kappa shape index (κ1) is 12.4. The van der Waals surface area contributed by atoms with Crippen LogP contribution in [0.25, 0.3) is 0 Å². The summed E-state index contributed by atoms with van der Waals surface area (Å²) in [6.45, 7) is 0.488. The number of nitro groups is 1. The molecule has 18 heavy (non-hydrogen) atoms. The van der Waals surface area contributed by atoms with Crippen LogP contribution in [0, 0.1) is 10.1 Å². The van der Waals surface area contributed by atoms with Gasteiger partial charge in [-0.2, -0.15) is 0 Å². The summed E-state index contributed by atoms with van der Waals surface area (Å²) in [5, 5.41) is 13.9. The number of hydrogen-bond acceptors (Lipinski definition) is 4. The fraction of sp³-hybridized carbons (Fsp3) is 0.182. The van der Waals surface area contributed by atoms with Crippen LogP contribution < -0.4 is 5.32 Å². The van der Waals surface area contributed by atoms with Gasteiger partial charge in [0.1, 0.15) is 10.8 Å². The molecule has 0 bridgehead atoms. The minimum Gasteiger partial charge on any atom is -0.378 e. The van der Waals surface area contributed by atoms with Crippen molar-refractivity contribution in [2.45, 2.75) is 6.54 Å². The maximum atomic E-state index is 10.7. The van der Waals surface area contributed by atoms with Crippen molar-refractivity contribution < 1.29 is 4.92 Å². The minimum atomic E-state index is -0.506. The summed E-state index contributed by atoms with van der Waals surface area (Å²) in [4.78, 5) is 14.4. The lowest BCUT2D eigenvalue weighted by Crippen LogP contribution is -2.05. The number of hydrogen-bond donors (Lipinski definition) is 1. The number of nitro benzene ring substituents is 1. The molecule has 7 heteroatoms. The van der Waals surface area contributed by atoms with E-state index < -0.39 is 4.92 Å². The first-order chi connectivity index (χ1) is 8.58. The Bertz CT molecular complexity index is 582. The van der Waals surface area contributed by atoms with Crippen molar-refractivity contribution in [3.63, 3.8) is 0 Å².